The fourth-order valence-electron chi connectivity index (χ4n) is 1.30. The highest BCUT2D eigenvalue weighted by molar-refractivity contribution is 7.84. The van der Waals surface area contributed by atoms with Crippen molar-refractivity contribution in [2.75, 3.05) is 23.1 Å². The van der Waals surface area contributed by atoms with E-state index in [1.54, 1.807) is 24.5 Å². The molecule has 0 aliphatic rings. The first-order chi connectivity index (χ1) is 7.99. The molecule has 1 atom stereocenters. The van der Waals surface area contributed by atoms with E-state index < -0.39 is 10.8 Å². The van der Waals surface area contributed by atoms with Gasteiger partial charge in [-0.25, -0.2) is 0 Å². The van der Waals surface area contributed by atoms with Crippen molar-refractivity contribution in [1.29, 1.82) is 0 Å². The van der Waals surface area contributed by atoms with E-state index in [0.717, 1.165) is 0 Å². The SMILES string of the molecule is CS(=O)CCCC(=O)Nc1ccc(Cl)cc1N. The second-order valence-corrected chi connectivity index (χ2v) is 5.65. The van der Waals surface area contributed by atoms with E-state index in [-0.39, 0.29) is 5.91 Å². The Morgan fingerprint density at radius 1 is 1.53 bits per heavy atom. The average Bonchev–Trinajstić information content (AvgIpc) is 2.21. The first kappa shape index (κ1) is 14.0. The highest BCUT2D eigenvalue weighted by Gasteiger charge is 2.05. The van der Waals surface area contributed by atoms with Crippen molar-refractivity contribution in [3.8, 4) is 0 Å². The molecule has 0 aromatic heterocycles. The van der Waals surface area contributed by atoms with E-state index >= 15 is 0 Å². The molecule has 0 fully saturated rings. The molecular weight excluding hydrogens is 260 g/mol. The molecule has 1 amide bonds. The number of carbonyl (C=O) groups excluding carboxylic acids is 1. The molecule has 0 saturated heterocycles. The van der Waals surface area contributed by atoms with E-state index in [2.05, 4.69) is 5.32 Å². The maximum atomic E-state index is 11.5. The van der Waals surface area contributed by atoms with E-state index in [4.69, 9.17) is 17.3 Å². The van der Waals surface area contributed by atoms with Crippen LogP contribution < -0.4 is 11.1 Å². The predicted molar refractivity (Wildman–Crippen MR) is 72.7 cm³/mol. The summed E-state index contributed by atoms with van der Waals surface area (Å²) in [6.07, 6.45) is 2.55. The van der Waals surface area contributed by atoms with Crippen LogP contribution in [0.3, 0.4) is 0 Å². The Hall–Kier alpha value is -1.07. The molecule has 0 radical (unpaired) electrons. The van der Waals surface area contributed by atoms with Crippen molar-refractivity contribution in [2.24, 2.45) is 0 Å². The van der Waals surface area contributed by atoms with Crippen molar-refractivity contribution in [1.82, 2.24) is 0 Å². The van der Waals surface area contributed by atoms with Gasteiger partial charge in [0.25, 0.3) is 0 Å². The van der Waals surface area contributed by atoms with Crippen molar-refractivity contribution >= 4 is 39.7 Å². The van der Waals surface area contributed by atoms with Crippen molar-refractivity contribution in [3.63, 3.8) is 0 Å². The zero-order chi connectivity index (χ0) is 12.8. The Bertz CT molecular complexity index is 437. The molecule has 6 heteroatoms. The van der Waals surface area contributed by atoms with Gasteiger partial charge in [0.05, 0.1) is 11.4 Å². The van der Waals surface area contributed by atoms with Crippen LogP contribution >= 0.6 is 11.6 Å². The summed E-state index contributed by atoms with van der Waals surface area (Å²) in [4.78, 5) is 11.5. The summed E-state index contributed by atoms with van der Waals surface area (Å²) in [5, 5.41) is 3.22. The molecule has 1 aromatic carbocycles. The smallest absolute Gasteiger partial charge is 0.224 e. The highest BCUT2D eigenvalue weighted by atomic mass is 35.5. The van der Waals surface area contributed by atoms with Crippen molar-refractivity contribution in [2.45, 2.75) is 12.8 Å². The Morgan fingerprint density at radius 3 is 2.82 bits per heavy atom. The molecule has 4 nitrogen and oxygen atoms in total. The number of anilines is 2. The number of hydrogen-bond acceptors (Lipinski definition) is 3. The zero-order valence-electron chi connectivity index (χ0n) is 9.53. The maximum absolute atomic E-state index is 11.5. The number of benzene rings is 1. The Labute approximate surface area is 108 Å². The molecule has 1 aromatic rings. The molecule has 0 bridgehead atoms. The predicted octanol–water partition coefficient (Wildman–Crippen LogP) is 2.02. The van der Waals surface area contributed by atoms with Crippen LogP contribution in [0.2, 0.25) is 5.02 Å². The molecule has 0 spiro atoms. The number of carbonyl (C=O) groups is 1. The standard InChI is InChI=1S/C11H15ClN2O2S/c1-17(16)6-2-3-11(15)14-10-5-4-8(12)7-9(10)13/h4-5,7H,2-3,6,13H2,1H3,(H,14,15). The number of nitrogen functional groups attached to an aromatic ring is 1. The third-order valence-electron chi connectivity index (χ3n) is 2.12. The summed E-state index contributed by atoms with van der Waals surface area (Å²) in [6, 6.07) is 4.90. The summed E-state index contributed by atoms with van der Waals surface area (Å²) in [5.74, 6) is 0.397. The number of amides is 1. The molecule has 3 N–H and O–H groups in total. The third kappa shape index (κ3) is 5.19. The summed E-state index contributed by atoms with van der Waals surface area (Å²) in [5.41, 5.74) is 6.69. The van der Waals surface area contributed by atoms with Gasteiger partial charge >= 0.3 is 0 Å². The second kappa shape index (κ2) is 6.61. The molecule has 0 heterocycles. The molecule has 0 aliphatic carbocycles. The van der Waals surface area contributed by atoms with Crippen LogP contribution in [0.5, 0.6) is 0 Å². The number of nitrogens with one attached hydrogen (secondary N) is 1. The first-order valence-electron chi connectivity index (χ1n) is 5.14. The number of hydrogen-bond donors (Lipinski definition) is 2. The van der Waals surface area contributed by atoms with Gasteiger partial charge in [0.2, 0.25) is 5.91 Å². The van der Waals surface area contributed by atoms with E-state index in [1.165, 1.54) is 0 Å². The monoisotopic (exact) mass is 274 g/mol. The largest absolute Gasteiger partial charge is 0.397 e. The Morgan fingerprint density at radius 2 is 2.24 bits per heavy atom. The lowest BCUT2D eigenvalue weighted by molar-refractivity contribution is -0.116. The minimum absolute atomic E-state index is 0.135. The maximum Gasteiger partial charge on any atom is 0.224 e. The molecule has 0 saturated carbocycles. The molecule has 1 rings (SSSR count). The molecular formula is C11H15ClN2O2S. The van der Waals surface area contributed by atoms with Crippen LogP contribution in [0.4, 0.5) is 11.4 Å². The average molecular weight is 275 g/mol. The first-order valence-corrected chi connectivity index (χ1v) is 7.24. The fourth-order valence-corrected chi connectivity index (χ4v) is 2.03. The summed E-state index contributed by atoms with van der Waals surface area (Å²) < 4.78 is 10.8. The van der Waals surface area contributed by atoms with Crippen molar-refractivity contribution in [3.05, 3.63) is 23.2 Å². The third-order valence-corrected chi connectivity index (χ3v) is 3.22. The number of rotatable bonds is 5. The lowest BCUT2D eigenvalue weighted by Crippen LogP contribution is -2.13. The van der Waals surface area contributed by atoms with Crippen LogP contribution in [-0.4, -0.2) is 22.1 Å². The van der Waals surface area contributed by atoms with Gasteiger partial charge in [-0.05, 0) is 24.6 Å². The van der Waals surface area contributed by atoms with E-state index in [0.29, 0.717) is 35.0 Å². The van der Waals surface area contributed by atoms with Crippen LogP contribution in [-0.2, 0) is 15.6 Å². The number of nitrogens with two attached hydrogens (primary N) is 1. The summed E-state index contributed by atoms with van der Waals surface area (Å²) >= 11 is 5.75. The number of halogens is 1. The van der Waals surface area contributed by atoms with Crippen LogP contribution in [0.1, 0.15) is 12.8 Å². The van der Waals surface area contributed by atoms with Crippen LogP contribution in [0.15, 0.2) is 18.2 Å². The van der Waals surface area contributed by atoms with Crippen LogP contribution in [0, 0.1) is 0 Å². The Balaban J connectivity index is 2.48. The Kier molecular flexibility index (Phi) is 5.44. The van der Waals surface area contributed by atoms with Gasteiger partial charge in [-0.1, -0.05) is 11.6 Å². The van der Waals surface area contributed by atoms with Gasteiger partial charge in [0, 0.05) is 34.3 Å². The van der Waals surface area contributed by atoms with E-state index in [9.17, 15) is 9.00 Å². The lowest BCUT2D eigenvalue weighted by atomic mass is 10.2. The minimum Gasteiger partial charge on any atom is -0.397 e. The van der Waals surface area contributed by atoms with E-state index in [1.807, 2.05) is 0 Å². The van der Waals surface area contributed by atoms with Gasteiger partial charge in [-0.2, -0.15) is 0 Å². The summed E-state index contributed by atoms with van der Waals surface area (Å²) in [6.45, 7) is 0. The van der Waals surface area contributed by atoms with Gasteiger partial charge in [-0.15, -0.1) is 0 Å². The molecule has 1 unspecified atom stereocenters. The van der Waals surface area contributed by atoms with Gasteiger partial charge in [-0.3, -0.25) is 9.00 Å². The molecule has 94 valence electrons. The van der Waals surface area contributed by atoms with Crippen molar-refractivity contribution < 1.29 is 9.00 Å². The van der Waals surface area contributed by atoms with Gasteiger partial charge in [0.1, 0.15) is 0 Å². The minimum atomic E-state index is -0.858. The van der Waals surface area contributed by atoms with Crippen LogP contribution in [0.25, 0.3) is 0 Å². The zero-order valence-corrected chi connectivity index (χ0v) is 11.1. The topological polar surface area (TPSA) is 72.2 Å². The van der Waals surface area contributed by atoms with Gasteiger partial charge in [0.15, 0.2) is 0 Å². The van der Waals surface area contributed by atoms with Gasteiger partial charge < -0.3 is 11.1 Å². The fraction of sp³-hybridized carbons (Fsp3) is 0.364. The molecule has 0 aliphatic heterocycles. The summed E-state index contributed by atoms with van der Waals surface area (Å²) in [7, 11) is -0.858. The normalized spacial score (nSPS) is 12.1. The second-order valence-electron chi connectivity index (χ2n) is 3.66. The molecule has 17 heavy (non-hydrogen) atoms. The highest BCUT2D eigenvalue weighted by Crippen LogP contribution is 2.22. The quantitative estimate of drug-likeness (QED) is 0.807. The lowest BCUT2D eigenvalue weighted by Gasteiger charge is -2.08.